The molecule has 10 heteroatoms. The van der Waals surface area contributed by atoms with Gasteiger partial charge in [-0.2, -0.15) is 0 Å². The lowest BCUT2D eigenvalue weighted by Crippen LogP contribution is -2.46. The number of hydrogen-bond acceptors (Lipinski definition) is 8. The van der Waals surface area contributed by atoms with Crippen molar-refractivity contribution in [1.82, 2.24) is 20.0 Å². The first-order valence-electron chi connectivity index (χ1n) is 13.1. The minimum absolute atomic E-state index is 0.00939. The van der Waals surface area contributed by atoms with Crippen LogP contribution in [-0.4, -0.2) is 90.9 Å². The highest BCUT2D eigenvalue weighted by Gasteiger charge is 2.28. The summed E-state index contributed by atoms with van der Waals surface area (Å²) in [5.74, 6) is 1.43. The second-order valence-electron chi connectivity index (χ2n) is 9.53. The maximum absolute atomic E-state index is 13.3. The Morgan fingerprint density at radius 3 is 2.74 bits per heavy atom. The van der Waals surface area contributed by atoms with Crippen molar-refractivity contribution >= 4 is 29.0 Å². The second-order valence-corrected chi connectivity index (χ2v) is 10.5. The first-order chi connectivity index (χ1) is 18.6. The van der Waals surface area contributed by atoms with E-state index in [-0.39, 0.29) is 24.5 Å². The molecule has 2 aromatic heterocycles. The Kier molecular flexibility index (Phi) is 8.50. The van der Waals surface area contributed by atoms with E-state index in [1.807, 2.05) is 58.8 Å². The smallest absolute Gasteiger partial charge is 0.264 e. The second kappa shape index (κ2) is 12.4. The van der Waals surface area contributed by atoms with Crippen LogP contribution in [-0.2, 0) is 9.53 Å². The topological polar surface area (TPSA) is 88.1 Å². The van der Waals surface area contributed by atoms with Crippen LogP contribution in [0.4, 0.5) is 5.82 Å². The lowest BCUT2D eigenvalue weighted by atomic mass is 10.1. The Morgan fingerprint density at radius 2 is 2.00 bits per heavy atom. The van der Waals surface area contributed by atoms with Crippen LogP contribution in [0, 0.1) is 0 Å². The molecule has 5 rings (SSSR count). The quantitative estimate of drug-likeness (QED) is 0.436. The molecule has 9 nitrogen and oxygen atoms in total. The number of carbonyl (C=O) groups is 2. The largest absolute Gasteiger partial charge is 0.497 e. The van der Waals surface area contributed by atoms with E-state index < -0.39 is 0 Å². The molecule has 3 aromatic rings. The van der Waals surface area contributed by atoms with Crippen LogP contribution in [0.3, 0.4) is 0 Å². The van der Waals surface area contributed by atoms with Crippen LogP contribution in [0.15, 0.2) is 53.9 Å². The Morgan fingerprint density at radius 1 is 1.08 bits per heavy atom. The van der Waals surface area contributed by atoms with E-state index in [1.54, 1.807) is 12.0 Å². The minimum Gasteiger partial charge on any atom is -0.497 e. The number of thiophene rings is 1. The first-order valence-corrected chi connectivity index (χ1v) is 13.9. The number of ether oxygens (including phenoxy) is 2. The summed E-state index contributed by atoms with van der Waals surface area (Å²) in [7, 11) is 1.64. The molecule has 2 aliphatic rings. The fraction of sp³-hybridized carbons (Fsp3) is 0.429. The van der Waals surface area contributed by atoms with Crippen LogP contribution < -0.4 is 9.64 Å². The van der Waals surface area contributed by atoms with Crippen LogP contribution in [0.5, 0.6) is 5.75 Å². The SMILES string of the molecule is COc1cccc(-c2ccc(N3CCCN(C(=O)CN(CC4CCCO4)C(=O)c4cccs4)CC3)nn2)c1. The third-order valence-corrected chi connectivity index (χ3v) is 7.84. The lowest BCUT2D eigenvalue weighted by molar-refractivity contribution is -0.132. The molecule has 2 amide bonds. The molecule has 0 spiro atoms. The molecule has 2 aliphatic heterocycles. The number of rotatable bonds is 8. The predicted molar refractivity (Wildman–Crippen MR) is 147 cm³/mol. The summed E-state index contributed by atoms with van der Waals surface area (Å²) < 4.78 is 11.1. The van der Waals surface area contributed by atoms with Gasteiger partial charge in [0.25, 0.3) is 5.91 Å². The molecule has 1 aromatic carbocycles. The normalized spacial score (nSPS) is 17.8. The predicted octanol–water partition coefficient (Wildman–Crippen LogP) is 3.57. The Hall–Kier alpha value is -3.50. The average Bonchev–Trinajstić information content (AvgIpc) is 3.63. The molecule has 0 aliphatic carbocycles. The summed E-state index contributed by atoms with van der Waals surface area (Å²) in [4.78, 5) is 32.8. The maximum atomic E-state index is 13.3. The van der Waals surface area contributed by atoms with Gasteiger partial charge in [0.05, 0.1) is 23.8 Å². The maximum Gasteiger partial charge on any atom is 0.264 e. The highest BCUT2D eigenvalue weighted by Crippen LogP contribution is 2.23. The summed E-state index contributed by atoms with van der Waals surface area (Å²) in [6, 6.07) is 15.4. The number of carbonyl (C=O) groups excluding carboxylic acids is 2. The van der Waals surface area contributed by atoms with Crippen molar-refractivity contribution < 1.29 is 19.1 Å². The van der Waals surface area contributed by atoms with Crippen molar-refractivity contribution in [3.05, 3.63) is 58.8 Å². The van der Waals surface area contributed by atoms with Crippen LogP contribution in [0.2, 0.25) is 0 Å². The van der Waals surface area contributed by atoms with E-state index in [2.05, 4.69) is 15.1 Å². The van der Waals surface area contributed by atoms with Crippen molar-refractivity contribution in [3.8, 4) is 17.0 Å². The van der Waals surface area contributed by atoms with Gasteiger partial charge in [-0.05, 0) is 55.0 Å². The van der Waals surface area contributed by atoms with Crippen molar-refractivity contribution in [1.29, 1.82) is 0 Å². The highest BCUT2D eigenvalue weighted by molar-refractivity contribution is 7.12. The van der Waals surface area contributed by atoms with Crippen molar-refractivity contribution in [3.63, 3.8) is 0 Å². The fourth-order valence-electron chi connectivity index (χ4n) is 4.90. The van der Waals surface area contributed by atoms with Crippen LogP contribution in [0.1, 0.15) is 28.9 Å². The third-order valence-electron chi connectivity index (χ3n) is 6.98. The van der Waals surface area contributed by atoms with Gasteiger partial charge in [-0.25, -0.2) is 0 Å². The van der Waals surface area contributed by atoms with E-state index in [0.717, 1.165) is 48.6 Å². The molecular weight excluding hydrogens is 502 g/mol. The van der Waals surface area contributed by atoms with Crippen LogP contribution in [0.25, 0.3) is 11.3 Å². The average molecular weight is 536 g/mol. The molecule has 0 N–H and O–H groups in total. The van der Waals surface area contributed by atoms with Crippen molar-refractivity contribution in [2.45, 2.75) is 25.4 Å². The third kappa shape index (κ3) is 6.31. The van der Waals surface area contributed by atoms with E-state index in [4.69, 9.17) is 9.47 Å². The molecule has 38 heavy (non-hydrogen) atoms. The van der Waals surface area contributed by atoms with E-state index in [1.165, 1.54) is 11.3 Å². The summed E-state index contributed by atoms with van der Waals surface area (Å²) in [5.41, 5.74) is 1.72. The number of aromatic nitrogens is 2. The van der Waals surface area contributed by atoms with Gasteiger partial charge in [-0.15, -0.1) is 21.5 Å². The Balaban J connectivity index is 1.20. The molecule has 2 saturated heterocycles. The molecule has 200 valence electrons. The first kappa shape index (κ1) is 26.1. The van der Waals surface area contributed by atoms with E-state index >= 15 is 0 Å². The number of anilines is 1. The van der Waals surface area contributed by atoms with Gasteiger partial charge in [-0.1, -0.05) is 18.2 Å². The zero-order chi connectivity index (χ0) is 26.3. The van der Waals surface area contributed by atoms with Gasteiger partial charge >= 0.3 is 0 Å². The summed E-state index contributed by atoms with van der Waals surface area (Å²) >= 11 is 1.40. The van der Waals surface area contributed by atoms with Gasteiger partial charge in [-0.3, -0.25) is 9.59 Å². The minimum atomic E-state index is -0.105. The monoisotopic (exact) mass is 535 g/mol. The van der Waals surface area contributed by atoms with Gasteiger partial charge in [0.2, 0.25) is 5.91 Å². The molecular formula is C28H33N5O4S. The molecule has 1 unspecified atom stereocenters. The molecule has 1 atom stereocenters. The van der Waals surface area contributed by atoms with Gasteiger partial charge < -0.3 is 24.2 Å². The number of methoxy groups -OCH3 is 1. The zero-order valence-corrected chi connectivity index (χ0v) is 22.4. The Bertz CT molecular complexity index is 1210. The van der Waals surface area contributed by atoms with Gasteiger partial charge in [0, 0.05) is 44.9 Å². The molecule has 2 fully saturated rings. The number of benzene rings is 1. The number of nitrogens with zero attached hydrogens (tertiary/aromatic N) is 5. The molecule has 0 radical (unpaired) electrons. The summed E-state index contributed by atoms with van der Waals surface area (Å²) in [5, 5.41) is 10.8. The van der Waals surface area contributed by atoms with Gasteiger partial charge in [0.15, 0.2) is 5.82 Å². The molecule has 4 heterocycles. The van der Waals surface area contributed by atoms with Crippen molar-refractivity contribution in [2.24, 2.45) is 0 Å². The Labute approximate surface area is 227 Å². The highest BCUT2D eigenvalue weighted by atomic mass is 32.1. The van der Waals surface area contributed by atoms with Gasteiger partial charge in [0.1, 0.15) is 12.3 Å². The summed E-state index contributed by atoms with van der Waals surface area (Å²) in [6.07, 6.45) is 2.71. The molecule has 0 bridgehead atoms. The van der Waals surface area contributed by atoms with E-state index in [9.17, 15) is 9.59 Å². The van der Waals surface area contributed by atoms with Crippen molar-refractivity contribution in [2.75, 3.05) is 57.9 Å². The lowest BCUT2D eigenvalue weighted by Gasteiger charge is -2.28. The van der Waals surface area contributed by atoms with E-state index in [0.29, 0.717) is 37.7 Å². The molecule has 0 saturated carbocycles. The fourth-order valence-corrected chi connectivity index (χ4v) is 5.59. The number of amides is 2. The zero-order valence-electron chi connectivity index (χ0n) is 21.6. The van der Waals surface area contributed by atoms with Crippen LogP contribution >= 0.6 is 11.3 Å². The summed E-state index contributed by atoms with van der Waals surface area (Å²) in [6.45, 7) is 3.87. The number of hydrogen-bond donors (Lipinski definition) is 0. The standard InChI is InChI=1S/C28H33N5O4S/c1-36-22-7-2-6-21(18-22)24-10-11-26(30-29-24)31-12-5-13-32(15-14-31)27(34)20-33(19-23-8-3-16-37-23)28(35)25-9-4-17-38-25/h2,4,6-7,9-11,17-18,23H,3,5,8,12-16,19-20H2,1H3.